The van der Waals surface area contributed by atoms with E-state index in [1.807, 2.05) is 24.0 Å². The first-order chi connectivity index (χ1) is 10.2. The Kier molecular flexibility index (Phi) is 5.51. The molecule has 0 aliphatic rings. The van der Waals surface area contributed by atoms with Crippen molar-refractivity contribution >= 4 is 0 Å². The number of benzene rings is 1. The zero-order chi connectivity index (χ0) is 15.2. The quantitative estimate of drug-likeness (QED) is 0.788. The second-order valence-corrected chi connectivity index (χ2v) is 5.39. The molecule has 0 saturated carbocycles. The van der Waals surface area contributed by atoms with E-state index in [0.29, 0.717) is 6.54 Å². The topological polar surface area (TPSA) is 29.9 Å². The fourth-order valence-electron chi connectivity index (χ4n) is 2.55. The van der Waals surface area contributed by atoms with Gasteiger partial charge in [-0.1, -0.05) is 26.3 Å². The van der Waals surface area contributed by atoms with Crippen molar-refractivity contribution in [1.29, 1.82) is 0 Å². The van der Waals surface area contributed by atoms with Crippen LogP contribution in [-0.4, -0.2) is 16.3 Å². The first kappa shape index (κ1) is 15.7. The predicted octanol–water partition coefficient (Wildman–Crippen LogP) is 3.68. The normalized spacial score (nSPS) is 11.0. The van der Waals surface area contributed by atoms with E-state index in [1.165, 1.54) is 6.07 Å². The fourth-order valence-corrected chi connectivity index (χ4v) is 2.55. The number of aryl methyl sites for hydroxylation is 2. The van der Waals surface area contributed by atoms with E-state index in [0.717, 1.165) is 48.2 Å². The summed E-state index contributed by atoms with van der Waals surface area (Å²) < 4.78 is 15.4. The van der Waals surface area contributed by atoms with E-state index >= 15 is 0 Å². The monoisotopic (exact) mass is 289 g/mol. The summed E-state index contributed by atoms with van der Waals surface area (Å²) in [7, 11) is 1.93. The molecule has 1 N–H and O–H groups in total. The summed E-state index contributed by atoms with van der Waals surface area (Å²) in [4.78, 5) is 0. The molecular weight excluding hydrogens is 265 g/mol. The molecule has 0 aliphatic heterocycles. The van der Waals surface area contributed by atoms with Gasteiger partial charge < -0.3 is 5.32 Å². The van der Waals surface area contributed by atoms with Crippen molar-refractivity contribution < 1.29 is 4.39 Å². The van der Waals surface area contributed by atoms with Gasteiger partial charge in [0, 0.05) is 25.4 Å². The van der Waals surface area contributed by atoms with Crippen LogP contribution in [0.15, 0.2) is 24.4 Å². The van der Waals surface area contributed by atoms with Crippen LogP contribution in [0.4, 0.5) is 4.39 Å². The summed E-state index contributed by atoms with van der Waals surface area (Å²) in [5.41, 5.74) is 4.28. The molecule has 0 unspecified atom stereocenters. The Labute approximate surface area is 126 Å². The highest BCUT2D eigenvalue weighted by Gasteiger charge is 2.13. The Morgan fingerprint density at radius 2 is 2.00 bits per heavy atom. The molecule has 0 bridgehead atoms. The molecule has 21 heavy (non-hydrogen) atoms. The van der Waals surface area contributed by atoms with Crippen molar-refractivity contribution in [2.75, 3.05) is 6.54 Å². The third-order valence-corrected chi connectivity index (χ3v) is 3.49. The van der Waals surface area contributed by atoms with Gasteiger partial charge in [-0.15, -0.1) is 0 Å². The zero-order valence-corrected chi connectivity index (χ0v) is 13.1. The average molecular weight is 289 g/mol. The predicted molar refractivity (Wildman–Crippen MR) is 84.6 cm³/mol. The van der Waals surface area contributed by atoms with Gasteiger partial charge in [0.15, 0.2) is 0 Å². The van der Waals surface area contributed by atoms with Gasteiger partial charge in [-0.25, -0.2) is 4.39 Å². The molecule has 0 atom stereocenters. The molecule has 0 spiro atoms. The molecule has 0 amide bonds. The van der Waals surface area contributed by atoms with Crippen LogP contribution in [0.1, 0.15) is 37.9 Å². The van der Waals surface area contributed by atoms with Crippen molar-refractivity contribution in [2.24, 2.45) is 7.05 Å². The standard InChI is InChI=1S/C17H24FN3/c1-4-6-17-16(12-21(3)20-17)15-8-7-14(18)10-13(15)11-19-9-5-2/h7-8,10,12,19H,4-6,9,11H2,1-3H3. The van der Waals surface area contributed by atoms with Crippen molar-refractivity contribution in [2.45, 2.75) is 39.7 Å². The zero-order valence-electron chi connectivity index (χ0n) is 13.1. The van der Waals surface area contributed by atoms with E-state index in [9.17, 15) is 4.39 Å². The van der Waals surface area contributed by atoms with Crippen LogP contribution in [0.25, 0.3) is 11.1 Å². The maximum absolute atomic E-state index is 13.6. The van der Waals surface area contributed by atoms with Crippen molar-refractivity contribution in [3.8, 4) is 11.1 Å². The summed E-state index contributed by atoms with van der Waals surface area (Å²) in [5, 5.41) is 7.89. The number of nitrogens with one attached hydrogen (secondary N) is 1. The molecule has 0 saturated heterocycles. The van der Waals surface area contributed by atoms with Gasteiger partial charge in [-0.2, -0.15) is 5.10 Å². The third kappa shape index (κ3) is 3.91. The second kappa shape index (κ2) is 7.36. The van der Waals surface area contributed by atoms with Gasteiger partial charge in [0.2, 0.25) is 0 Å². The molecule has 4 heteroatoms. The van der Waals surface area contributed by atoms with Crippen LogP contribution in [0, 0.1) is 5.82 Å². The average Bonchev–Trinajstić information content (AvgIpc) is 2.80. The summed E-state index contributed by atoms with van der Waals surface area (Å²) in [6.45, 7) is 5.89. The number of rotatable bonds is 7. The summed E-state index contributed by atoms with van der Waals surface area (Å²) >= 11 is 0. The maximum Gasteiger partial charge on any atom is 0.123 e. The van der Waals surface area contributed by atoms with Crippen molar-refractivity contribution in [3.63, 3.8) is 0 Å². The Balaban J connectivity index is 2.38. The van der Waals surface area contributed by atoms with Crippen LogP contribution >= 0.6 is 0 Å². The van der Waals surface area contributed by atoms with Crippen LogP contribution in [-0.2, 0) is 20.0 Å². The molecule has 114 valence electrons. The molecule has 0 radical (unpaired) electrons. The Morgan fingerprint density at radius 1 is 1.19 bits per heavy atom. The van der Waals surface area contributed by atoms with Gasteiger partial charge in [0.05, 0.1) is 5.69 Å². The molecule has 3 nitrogen and oxygen atoms in total. The second-order valence-electron chi connectivity index (χ2n) is 5.39. The van der Waals surface area contributed by atoms with E-state index in [1.54, 1.807) is 6.07 Å². The van der Waals surface area contributed by atoms with E-state index in [4.69, 9.17) is 0 Å². The number of hydrogen-bond donors (Lipinski definition) is 1. The lowest BCUT2D eigenvalue weighted by atomic mass is 9.98. The highest BCUT2D eigenvalue weighted by atomic mass is 19.1. The van der Waals surface area contributed by atoms with Gasteiger partial charge in [-0.05, 0) is 42.6 Å². The Morgan fingerprint density at radius 3 is 2.71 bits per heavy atom. The van der Waals surface area contributed by atoms with Gasteiger partial charge in [0.1, 0.15) is 5.82 Å². The fraction of sp³-hybridized carbons (Fsp3) is 0.471. The number of halogens is 1. The summed E-state index contributed by atoms with van der Waals surface area (Å²) in [6.07, 6.45) is 5.09. The minimum absolute atomic E-state index is 0.187. The Bertz CT molecular complexity index is 590. The van der Waals surface area contributed by atoms with E-state index in [2.05, 4.69) is 24.3 Å². The Hall–Kier alpha value is -1.68. The number of aromatic nitrogens is 2. The molecule has 0 aliphatic carbocycles. The van der Waals surface area contributed by atoms with Crippen LogP contribution in [0.3, 0.4) is 0 Å². The molecule has 0 fully saturated rings. The lowest BCUT2D eigenvalue weighted by Gasteiger charge is -2.11. The van der Waals surface area contributed by atoms with Crippen LogP contribution in [0.2, 0.25) is 0 Å². The van der Waals surface area contributed by atoms with Crippen molar-refractivity contribution in [3.05, 3.63) is 41.5 Å². The van der Waals surface area contributed by atoms with Crippen LogP contribution < -0.4 is 5.32 Å². The minimum Gasteiger partial charge on any atom is -0.313 e. The number of hydrogen-bond acceptors (Lipinski definition) is 2. The molecule has 2 aromatic rings. The molecule has 2 rings (SSSR count). The van der Waals surface area contributed by atoms with E-state index < -0.39 is 0 Å². The van der Waals surface area contributed by atoms with Crippen molar-refractivity contribution in [1.82, 2.24) is 15.1 Å². The summed E-state index contributed by atoms with van der Waals surface area (Å²) in [5.74, 6) is -0.187. The minimum atomic E-state index is -0.187. The van der Waals surface area contributed by atoms with Crippen LogP contribution in [0.5, 0.6) is 0 Å². The number of nitrogens with zero attached hydrogens (tertiary/aromatic N) is 2. The first-order valence-electron chi connectivity index (χ1n) is 7.67. The molecule has 1 aromatic carbocycles. The highest BCUT2D eigenvalue weighted by molar-refractivity contribution is 5.69. The maximum atomic E-state index is 13.6. The first-order valence-corrected chi connectivity index (χ1v) is 7.67. The molecular formula is C17H24FN3. The van der Waals surface area contributed by atoms with E-state index in [-0.39, 0.29) is 5.82 Å². The summed E-state index contributed by atoms with van der Waals surface area (Å²) in [6, 6.07) is 5.02. The highest BCUT2D eigenvalue weighted by Crippen LogP contribution is 2.28. The lowest BCUT2D eigenvalue weighted by Crippen LogP contribution is -2.14. The smallest absolute Gasteiger partial charge is 0.123 e. The largest absolute Gasteiger partial charge is 0.313 e. The lowest BCUT2D eigenvalue weighted by molar-refractivity contribution is 0.619. The third-order valence-electron chi connectivity index (χ3n) is 3.49. The molecule has 1 heterocycles. The molecule has 1 aromatic heterocycles. The van der Waals surface area contributed by atoms with Gasteiger partial charge in [-0.3, -0.25) is 4.68 Å². The SMILES string of the molecule is CCCNCc1cc(F)ccc1-c1cn(C)nc1CCC. The van der Waals surface area contributed by atoms with Gasteiger partial charge >= 0.3 is 0 Å². The van der Waals surface area contributed by atoms with Gasteiger partial charge in [0.25, 0.3) is 0 Å².